The van der Waals surface area contributed by atoms with Crippen LogP contribution in [0.25, 0.3) is 0 Å². The van der Waals surface area contributed by atoms with Gasteiger partial charge in [0.25, 0.3) is 0 Å². The number of hydrazine groups is 1. The molecule has 0 bridgehead atoms. The topological polar surface area (TPSA) is 63.0 Å². The summed E-state index contributed by atoms with van der Waals surface area (Å²) in [7, 11) is 0. The Bertz CT molecular complexity index is 393. The Balaban J connectivity index is 2.84. The molecule has 96 valence electrons. The van der Waals surface area contributed by atoms with Crippen molar-refractivity contribution < 1.29 is 0 Å². The number of halogens is 2. The molecular weight excluding hydrogens is 259 g/mol. The normalized spacial score (nSPS) is 11.4. The highest BCUT2D eigenvalue weighted by Gasteiger charge is 2.16. The first-order chi connectivity index (χ1) is 7.89. The molecule has 4 N–H and O–H groups in total. The van der Waals surface area contributed by atoms with Crippen molar-refractivity contribution in [1.82, 2.24) is 4.98 Å². The summed E-state index contributed by atoms with van der Waals surface area (Å²) in [5.74, 6) is 6.31. The summed E-state index contributed by atoms with van der Waals surface area (Å²) in [6.07, 6.45) is 1.06. The van der Waals surface area contributed by atoms with Gasteiger partial charge in [-0.3, -0.25) is 0 Å². The number of nitrogens with two attached hydrogens (primary N) is 1. The highest BCUT2D eigenvalue weighted by atomic mass is 35.5. The lowest BCUT2D eigenvalue weighted by molar-refractivity contribution is 0.376. The van der Waals surface area contributed by atoms with E-state index in [4.69, 9.17) is 29.0 Å². The summed E-state index contributed by atoms with van der Waals surface area (Å²) in [6, 6.07) is 1.62. The number of hydrogen-bond acceptors (Lipinski definition) is 4. The number of rotatable bonds is 5. The summed E-state index contributed by atoms with van der Waals surface area (Å²) in [4.78, 5) is 4.22. The van der Waals surface area contributed by atoms with E-state index in [1.165, 1.54) is 0 Å². The maximum Gasteiger partial charge on any atom is 0.161 e. The minimum atomic E-state index is 0.181. The molecule has 1 aromatic heterocycles. The maximum atomic E-state index is 6.05. The van der Waals surface area contributed by atoms with Crippen LogP contribution in [0.2, 0.25) is 10.0 Å². The second-order valence-corrected chi connectivity index (χ2v) is 5.48. The Morgan fingerprint density at radius 2 is 1.88 bits per heavy atom. The van der Waals surface area contributed by atoms with Crippen LogP contribution in [0.5, 0.6) is 0 Å². The van der Waals surface area contributed by atoms with Crippen LogP contribution in [-0.2, 0) is 0 Å². The Kier molecular flexibility index (Phi) is 4.86. The van der Waals surface area contributed by atoms with Crippen molar-refractivity contribution in [2.75, 3.05) is 17.3 Å². The number of nitrogens with one attached hydrogen (secondary N) is 2. The average molecular weight is 277 g/mol. The predicted molar refractivity (Wildman–Crippen MR) is 74.6 cm³/mol. The van der Waals surface area contributed by atoms with E-state index in [9.17, 15) is 0 Å². The molecule has 0 fully saturated rings. The van der Waals surface area contributed by atoms with Gasteiger partial charge in [-0.05, 0) is 17.9 Å². The van der Waals surface area contributed by atoms with E-state index >= 15 is 0 Å². The smallest absolute Gasteiger partial charge is 0.161 e. The van der Waals surface area contributed by atoms with Crippen LogP contribution in [0.1, 0.15) is 27.2 Å². The quantitative estimate of drug-likeness (QED) is 0.569. The molecule has 1 rings (SSSR count). The van der Waals surface area contributed by atoms with Crippen LogP contribution in [0.3, 0.4) is 0 Å². The molecule has 0 atom stereocenters. The molecule has 0 radical (unpaired) electrons. The Labute approximate surface area is 112 Å². The maximum absolute atomic E-state index is 6.05. The molecule has 1 heterocycles. The van der Waals surface area contributed by atoms with Gasteiger partial charge in [-0.25, -0.2) is 10.8 Å². The molecule has 17 heavy (non-hydrogen) atoms. The molecule has 0 aliphatic heterocycles. The van der Waals surface area contributed by atoms with Crippen molar-refractivity contribution in [3.8, 4) is 0 Å². The predicted octanol–water partition coefficient (Wildman–Crippen LogP) is 3.52. The Hall–Kier alpha value is -0.710. The molecule has 1 aromatic rings. The molecule has 0 aliphatic carbocycles. The first kappa shape index (κ1) is 14.4. The molecule has 0 aromatic carbocycles. The van der Waals surface area contributed by atoms with Gasteiger partial charge >= 0.3 is 0 Å². The Morgan fingerprint density at radius 3 is 2.41 bits per heavy atom. The van der Waals surface area contributed by atoms with Gasteiger partial charge in [-0.2, -0.15) is 0 Å². The van der Waals surface area contributed by atoms with Crippen LogP contribution in [-0.4, -0.2) is 11.5 Å². The molecule has 0 spiro atoms. The lowest BCUT2D eigenvalue weighted by Gasteiger charge is -2.23. The van der Waals surface area contributed by atoms with Crippen molar-refractivity contribution in [2.45, 2.75) is 27.2 Å². The van der Waals surface area contributed by atoms with Gasteiger partial charge in [0.1, 0.15) is 5.82 Å². The van der Waals surface area contributed by atoms with Gasteiger partial charge < -0.3 is 10.7 Å². The fourth-order valence-corrected chi connectivity index (χ4v) is 1.62. The number of hydrogen-bond donors (Lipinski definition) is 3. The van der Waals surface area contributed by atoms with Gasteiger partial charge in [-0.1, -0.05) is 44.0 Å². The molecule has 0 amide bonds. The highest BCUT2D eigenvalue weighted by Crippen LogP contribution is 2.29. The van der Waals surface area contributed by atoms with Crippen molar-refractivity contribution in [2.24, 2.45) is 11.3 Å². The number of pyridine rings is 1. The van der Waals surface area contributed by atoms with Crippen molar-refractivity contribution in [1.29, 1.82) is 0 Å². The standard InChI is InChI=1S/C11H18Cl2N4/c1-4-11(2,3)6-15-9-7(12)5-8(13)10(16-9)17-14/h5H,4,6,14H2,1-3H3,(H2,15,16,17). The fraction of sp³-hybridized carbons (Fsp3) is 0.545. The number of nitrogens with zero attached hydrogens (tertiary/aromatic N) is 1. The minimum Gasteiger partial charge on any atom is -0.368 e. The molecular formula is C11H18Cl2N4. The van der Waals surface area contributed by atoms with E-state index in [2.05, 4.69) is 36.5 Å². The van der Waals surface area contributed by atoms with Crippen molar-refractivity contribution >= 4 is 34.8 Å². The second-order valence-electron chi connectivity index (χ2n) is 4.66. The van der Waals surface area contributed by atoms with E-state index in [0.717, 1.165) is 13.0 Å². The summed E-state index contributed by atoms with van der Waals surface area (Å²) < 4.78 is 0. The van der Waals surface area contributed by atoms with E-state index in [-0.39, 0.29) is 5.41 Å². The van der Waals surface area contributed by atoms with E-state index in [0.29, 0.717) is 21.7 Å². The van der Waals surface area contributed by atoms with Gasteiger partial charge in [0, 0.05) is 6.54 Å². The number of nitrogen functional groups attached to an aromatic ring is 1. The Morgan fingerprint density at radius 1 is 1.29 bits per heavy atom. The van der Waals surface area contributed by atoms with Crippen molar-refractivity contribution in [3.05, 3.63) is 16.1 Å². The lowest BCUT2D eigenvalue weighted by Crippen LogP contribution is -2.23. The van der Waals surface area contributed by atoms with Crippen LogP contribution < -0.4 is 16.6 Å². The minimum absolute atomic E-state index is 0.181. The highest BCUT2D eigenvalue weighted by molar-refractivity contribution is 6.37. The average Bonchev–Trinajstić information content (AvgIpc) is 2.28. The van der Waals surface area contributed by atoms with E-state index < -0.39 is 0 Å². The van der Waals surface area contributed by atoms with Gasteiger partial charge in [0.2, 0.25) is 0 Å². The second kappa shape index (κ2) is 5.76. The van der Waals surface area contributed by atoms with E-state index in [1.807, 2.05) is 0 Å². The third-order valence-corrected chi connectivity index (χ3v) is 3.33. The van der Waals surface area contributed by atoms with Crippen LogP contribution in [0.4, 0.5) is 11.6 Å². The first-order valence-electron chi connectivity index (χ1n) is 5.46. The molecule has 4 nitrogen and oxygen atoms in total. The zero-order valence-electron chi connectivity index (χ0n) is 10.3. The van der Waals surface area contributed by atoms with Crippen LogP contribution >= 0.6 is 23.2 Å². The lowest BCUT2D eigenvalue weighted by atomic mass is 9.90. The molecule has 6 heteroatoms. The number of anilines is 2. The number of aromatic nitrogens is 1. The molecule has 0 saturated heterocycles. The monoisotopic (exact) mass is 276 g/mol. The zero-order valence-corrected chi connectivity index (χ0v) is 11.8. The SMILES string of the molecule is CCC(C)(C)CNc1nc(NN)c(Cl)cc1Cl. The van der Waals surface area contributed by atoms with Crippen LogP contribution in [0.15, 0.2) is 6.07 Å². The summed E-state index contributed by atoms with van der Waals surface area (Å²) in [5.41, 5.74) is 2.61. The van der Waals surface area contributed by atoms with Crippen LogP contribution in [0, 0.1) is 5.41 Å². The largest absolute Gasteiger partial charge is 0.368 e. The third-order valence-electron chi connectivity index (χ3n) is 2.76. The third kappa shape index (κ3) is 3.91. The molecule has 0 saturated carbocycles. The van der Waals surface area contributed by atoms with E-state index in [1.54, 1.807) is 6.07 Å². The molecule has 0 unspecified atom stereocenters. The van der Waals surface area contributed by atoms with Gasteiger partial charge in [-0.15, -0.1) is 0 Å². The van der Waals surface area contributed by atoms with Gasteiger partial charge in [0.05, 0.1) is 10.0 Å². The van der Waals surface area contributed by atoms with Gasteiger partial charge in [0.15, 0.2) is 5.82 Å². The summed E-state index contributed by atoms with van der Waals surface area (Å²) >= 11 is 12.0. The summed E-state index contributed by atoms with van der Waals surface area (Å²) in [6.45, 7) is 7.27. The molecule has 0 aliphatic rings. The first-order valence-corrected chi connectivity index (χ1v) is 6.21. The fourth-order valence-electron chi connectivity index (χ4n) is 1.14. The van der Waals surface area contributed by atoms with Crippen molar-refractivity contribution in [3.63, 3.8) is 0 Å². The summed E-state index contributed by atoms with van der Waals surface area (Å²) in [5, 5.41) is 4.10. The zero-order chi connectivity index (χ0) is 13.1.